The minimum atomic E-state index is 0.367. The smallest absolute Gasteiger partial charge is 0.213 e. The average molecular weight is 328 g/mol. The fourth-order valence-corrected chi connectivity index (χ4v) is 3.10. The van der Waals surface area contributed by atoms with Gasteiger partial charge in [0, 0.05) is 20.0 Å². The van der Waals surface area contributed by atoms with Crippen LogP contribution in [0.1, 0.15) is 30.4 Å². The SMILES string of the molecule is CN(C)c1ccc2nnc(C3CCN(Cc4ncon4)CC3)n2n1. The van der Waals surface area contributed by atoms with Crippen LogP contribution in [0.15, 0.2) is 23.0 Å². The monoisotopic (exact) mass is 328 g/mol. The molecule has 1 aliphatic heterocycles. The molecule has 1 aliphatic rings. The Morgan fingerprint density at radius 2 is 2.04 bits per heavy atom. The van der Waals surface area contributed by atoms with Crippen molar-refractivity contribution in [2.75, 3.05) is 32.1 Å². The number of anilines is 1. The fraction of sp³-hybridized carbons (Fsp3) is 0.533. The first kappa shape index (κ1) is 15.0. The first-order valence-corrected chi connectivity index (χ1v) is 8.08. The van der Waals surface area contributed by atoms with Gasteiger partial charge in [-0.1, -0.05) is 5.16 Å². The summed E-state index contributed by atoms with van der Waals surface area (Å²) in [7, 11) is 3.96. The molecular weight excluding hydrogens is 308 g/mol. The molecule has 0 aromatic carbocycles. The number of piperidine rings is 1. The van der Waals surface area contributed by atoms with Crippen molar-refractivity contribution < 1.29 is 4.52 Å². The Hall–Kier alpha value is -2.55. The minimum absolute atomic E-state index is 0.367. The Morgan fingerprint density at radius 1 is 1.21 bits per heavy atom. The van der Waals surface area contributed by atoms with E-state index in [1.807, 2.05) is 35.6 Å². The molecule has 0 atom stereocenters. The second kappa shape index (κ2) is 6.16. The van der Waals surface area contributed by atoms with E-state index in [0.717, 1.165) is 55.6 Å². The van der Waals surface area contributed by atoms with Crippen molar-refractivity contribution in [2.24, 2.45) is 0 Å². The van der Waals surface area contributed by atoms with Crippen molar-refractivity contribution in [3.63, 3.8) is 0 Å². The van der Waals surface area contributed by atoms with Crippen LogP contribution in [0, 0.1) is 0 Å². The van der Waals surface area contributed by atoms with Gasteiger partial charge in [0.05, 0.1) is 6.54 Å². The lowest BCUT2D eigenvalue weighted by atomic mass is 9.96. The molecule has 1 saturated heterocycles. The highest BCUT2D eigenvalue weighted by atomic mass is 16.5. The van der Waals surface area contributed by atoms with Crippen LogP contribution in [0.3, 0.4) is 0 Å². The highest BCUT2D eigenvalue weighted by Crippen LogP contribution is 2.27. The predicted molar refractivity (Wildman–Crippen MR) is 86.7 cm³/mol. The zero-order chi connectivity index (χ0) is 16.5. The largest absolute Gasteiger partial charge is 0.361 e. The van der Waals surface area contributed by atoms with Gasteiger partial charge in [-0.05, 0) is 38.1 Å². The van der Waals surface area contributed by atoms with Gasteiger partial charge >= 0.3 is 0 Å². The number of hydrogen-bond donors (Lipinski definition) is 0. The van der Waals surface area contributed by atoms with Gasteiger partial charge in [0.25, 0.3) is 0 Å². The third-order valence-corrected chi connectivity index (χ3v) is 4.46. The average Bonchev–Trinajstić information content (AvgIpc) is 3.24. The van der Waals surface area contributed by atoms with E-state index in [4.69, 9.17) is 4.52 Å². The molecule has 0 saturated carbocycles. The van der Waals surface area contributed by atoms with Gasteiger partial charge in [0.1, 0.15) is 5.82 Å². The van der Waals surface area contributed by atoms with Crippen LogP contribution >= 0.6 is 0 Å². The molecule has 0 radical (unpaired) electrons. The summed E-state index contributed by atoms with van der Waals surface area (Å²) in [6.45, 7) is 2.68. The van der Waals surface area contributed by atoms with Gasteiger partial charge in [-0.25, -0.2) is 0 Å². The number of nitrogens with zero attached hydrogens (tertiary/aromatic N) is 8. The van der Waals surface area contributed by atoms with E-state index in [1.165, 1.54) is 6.39 Å². The maximum atomic E-state index is 4.79. The third-order valence-electron chi connectivity index (χ3n) is 4.46. The summed E-state index contributed by atoms with van der Waals surface area (Å²) in [4.78, 5) is 8.41. The standard InChI is InChI=1S/C15H20N8O/c1-21(2)14-4-3-13-17-18-15(23(13)19-14)11-5-7-22(8-6-11)9-12-16-10-24-20-12/h3-4,10-11H,5-9H2,1-2H3. The first-order valence-electron chi connectivity index (χ1n) is 8.08. The van der Waals surface area contributed by atoms with Crippen LogP contribution < -0.4 is 4.90 Å². The van der Waals surface area contributed by atoms with Gasteiger partial charge in [0.15, 0.2) is 17.3 Å². The molecular formula is C15H20N8O. The van der Waals surface area contributed by atoms with E-state index < -0.39 is 0 Å². The normalized spacial score (nSPS) is 16.8. The lowest BCUT2D eigenvalue weighted by Gasteiger charge is -2.30. The molecule has 0 aliphatic carbocycles. The Bertz CT molecular complexity index is 804. The zero-order valence-electron chi connectivity index (χ0n) is 13.8. The van der Waals surface area contributed by atoms with E-state index in [-0.39, 0.29) is 0 Å². The quantitative estimate of drug-likeness (QED) is 0.699. The summed E-state index contributed by atoms with van der Waals surface area (Å²) in [6, 6.07) is 3.92. The highest BCUT2D eigenvalue weighted by Gasteiger charge is 2.25. The van der Waals surface area contributed by atoms with E-state index in [2.05, 4.69) is 30.3 Å². The third kappa shape index (κ3) is 2.82. The number of rotatable bonds is 4. The molecule has 1 fully saturated rings. The van der Waals surface area contributed by atoms with Crippen molar-refractivity contribution >= 4 is 11.5 Å². The summed E-state index contributed by atoms with van der Waals surface area (Å²) in [6.07, 6.45) is 3.41. The molecule has 24 heavy (non-hydrogen) atoms. The molecule has 3 aromatic heterocycles. The topological polar surface area (TPSA) is 88.5 Å². The summed E-state index contributed by atoms with van der Waals surface area (Å²) >= 11 is 0. The Balaban J connectivity index is 1.49. The summed E-state index contributed by atoms with van der Waals surface area (Å²) < 4.78 is 6.68. The van der Waals surface area contributed by atoms with Gasteiger partial charge in [-0.2, -0.15) is 9.50 Å². The molecule has 0 N–H and O–H groups in total. The molecule has 0 unspecified atom stereocenters. The lowest BCUT2D eigenvalue weighted by molar-refractivity contribution is 0.194. The maximum absolute atomic E-state index is 4.79. The number of hydrogen-bond acceptors (Lipinski definition) is 8. The summed E-state index contributed by atoms with van der Waals surface area (Å²) in [5, 5.41) is 17.2. The summed E-state index contributed by atoms with van der Waals surface area (Å²) in [5.74, 6) is 2.95. The van der Waals surface area contributed by atoms with Crippen molar-refractivity contribution in [3.8, 4) is 0 Å². The summed E-state index contributed by atoms with van der Waals surface area (Å²) in [5.41, 5.74) is 0.796. The van der Waals surface area contributed by atoms with Crippen LogP contribution in [0.25, 0.3) is 5.65 Å². The van der Waals surface area contributed by atoms with Crippen LogP contribution in [-0.2, 0) is 6.54 Å². The van der Waals surface area contributed by atoms with Gasteiger partial charge in [-0.15, -0.1) is 15.3 Å². The van der Waals surface area contributed by atoms with Crippen molar-refractivity contribution in [1.29, 1.82) is 0 Å². The minimum Gasteiger partial charge on any atom is -0.361 e. The Morgan fingerprint density at radius 3 is 2.75 bits per heavy atom. The maximum Gasteiger partial charge on any atom is 0.213 e. The van der Waals surface area contributed by atoms with Gasteiger partial charge < -0.3 is 9.42 Å². The van der Waals surface area contributed by atoms with E-state index in [1.54, 1.807) is 0 Å². The molecule has 126 valence electrons. The van der Waals surface area contributed by atoms with Crippen LogP contribution in [0.5, 0.6) is 0 Å². The van der Waals surface area contributed by atoms with E-state index in [9.17, 15) is 0 Å². The van der Waals surface area contributed by atoms with Gasteiger partial charge in [0.2, 0.25) is 6.39 Å². The zero-order valence-corrected chi connectivity index (χ0v) is 13.8. The highest BCUT2D eigenvalue weighted by molar-refractivity contribution is 5.45. The molecule has 9 heteroatoms. The number of aromatic nitrogens is 6. The molecule has 0 bridgehead atoms. The molecule has 4 heterocycles. The molecule has 9 nitrogen and oxygen atoms in total. The van der Waals surface area contributed by atoms with Crippen LogP contribution in [-0.4, -0.2) is 62.0 Å². The van der Waals surface area contributed by atoms with Gasteiger partial charge in [-0.3, -0.25) is 4.90 Å². The van der Waals surface area contributed by atoms with E-state index >= 15 is 0 Å². The Labute approximate surface area is 139 Å². The predicted octanol–water partition coefficient (Wildman–Crippen LogP) is 0.953. The first-order chi connectivity index (χ1) is 11.7. The Kier molecular flexibility index (Phi) is 3.85. The van der Waals surface area contributed by atoms with Crippen LogP contribution in [0.4, 0.5) is 5.82 Å². The second-order valence-corrected chi connectivity index (χ2v) is 6.31. The molecule has 0 amide bonds. The second-order valence-electron chi connectivity index (χ2n) is 6.31. The number of likely N-dealkylation sites (tertiary alicyclic amines) is 1. The van der Waals surface area contributed by atoms with E-state index in [0.29, 0.717) is 5.92 Å². The lowest BCUT2D eigenvalue weighted by Crippen LogP contribution is -2.33. The fourth-order valence-electron chi connectivity index (χ4n) is 3.10. The van der Waals surface area contributed by atoms with Crippen molar-refractivity contribution in [3.05, 3.63) is 30.2 Å². The molecule has 0 spiro atoms. The number of fused-ring (bicyclic) bond motifs is 1. The molecule has 3 aromatic rings. The van der Waals surface area contributed by atoms with Crippen molar-refractivity contribution in [1.82, 2.24) is 34.9 Å². The molecule has 4 rings (SSSR count). The van der Waals surface area contributed by atoms with Crippen LogP contribution in [0.2, 0.25) is 0 Å². The van der Waals surface area contributed by atoms with Crippen molar-refractivity contribution in [2.45, 2.75) is 25.3 Å².